The lowest BCUT2D eigenvalue weighted by Gasteiger charge is -2.33. The molecule has 0 radical (unpaired) electrons. The molecule has 0 bridgehead atoms. The Bertz CT molecular complexity index is 230. The number of halogens is 3. The Morgan fingerprint density at radius 2 is 2.00 bits per heavy atom. The molecule has 2 nitrogen and oxygen atoms in total. The van der Waals surface area contributed by atoms with Crippen molar-refractivity contribution < 1.29 is 17.9 Å². The van der Waals surface area contributed by atoms with Crippen molar-refractivity contribution in [3.8, 4) is 0 Å². The first kappa shape index (κ1) is 14.4. The SMILES string of the molecule is C=COCCCNC1CCCCC1C(F)(F)F. The average molecular weight is 251 g/mol. The van der Waals surface area contributed by atoms with Crippen molar-refractivity contribution in [3.05, 3.63) is 12.8 Å². The van der Waals surface area contributed by atoms with Crippen molar-refractivity contribution in [3.63, 3.8) is 0 Å². The smallest absolute Gasteiger partial charge is 0.393 e. The van der Waals surface area contributed by atoms with Crippen molar-refractivity contribution in [2.24, 2.45) is 5.92 Å². The molecule has 0 aromatic rings. The van der Waals surface area contributed by atoms with Gasteiger partial charge in [-0.15, -0.1) is 0 Å². The predicted octanol–water partition coefficient (Wildman–Crippen LogP) is 3.25. The van der Waals surface area contributed by atoms with Crippen LogP contribution in [0.4, 0.5) is 13.2 Å². The van der Waals surface area contributed by atoms with E-state index in [9.17, 15) is 13.2 Å². The molecule has 0 aromatic carbocycles. The second-order valence-electron chi connectivity index (χ2n) is 4.38. The van der Waals surface area contributed by atoms with Gasteiger partial charge in [0.25, 0.3) is 0 Å². The van der Waals surface area contributed by atoms with Crippen molar-refractivity contribution in [2.45, 2.75) is 44.3 Å². The van der Waals surface area contributed by atoms with E-state index in [-0.39, 0.29) is 6.42 Å². The maximum Gasteiger partial charge on any atom is 0.393 e. The zero-order chi connectivity index (χ0) is 12.7. The van der Waals surface area contributed by atoms with Crippen LogP contribution in [0.15, 0.2) is 12.8 Å². The Labute approximate surface area is 100 Å². The van der Waals surface area contributed by atoms with Crippen LogP contribution in [0.2, 0.25) is 0 Å². The van der Waals surface area contributed by atoms with E-state index in [4.69, 9.17) is 4.74 Å². The fraction of sp³-hybridized carbons (Fsp3) is 0.833. The lowest BCUT2D eigenvalue weighted by Crippen LogP contribution is -2.45. The van der Waals surface area contributed by atoms with Gasteiger partial charge in [0.2, 0.25) is 0 Å². The molecule has 0 aromatic heterocycles. The molecule has 1 saturated carbocycles. The molecule has 5 heteroatoms. The minimum absolute atomic E-state index is 0.254. The molecule has 0 spiro atoms. The molecule has 0 saturated heterocycles. The molecule has 0 amide bonds. The minimum atomic E-state index is -4.07. The van der Waals surface area contributed by atoms with Gasteiger partial charge in [0, 0.05) is 6.04 Å². The Hall–Kier alpha value is -0.710. The normalized spacial score (nSPS) is 25.6. The first-order valence-corrected chi connectivity index (χ1v) is 6.08. The predicted molar refractivity (Wildman–Crippen MR) is 60.6 cm³/mol. The van der Waals surface area contributed by atoms with Crippen LogP contribution >= 0.6 is 0 Å². The number of alkyl halides is 3. The van der Waals surface area contributed by atoms with Gasteiger partial charge in [0.1, 0.15) is 0 Å². The van der Waals surface area contributed by atoms with Crippen LogP contribution in [-0.4, -0.2) is 25.4 Å². The summed E-state index contributed by atoms with van der Waals surface area (Å²) < 4.78 is 43.1. The van der Waals surface area contributed by atoms with Crippen LogP contribution in [-0.2, 0) is 4.74 Å². The summed E-state index contributed by atoms with van der Waals surface area (Å²) in [7, 11) is 0. The van der Waals surface area contributed by atoms with Crippen molar-refractivity contribution in [1.29, 1.82) is 0 Å². The summed E-state index contributed by atoms with van der Waals surface area (Å²) in [5.74, 6) is -1.18. The summed E-state index contributed by atoms with van der Waals surface area (Å²) in [5.41, 5.74) is 0. The lowest BCUT2D eigenvalue weighted by atomic mass is 9.84. The molecule has 17 heavy (non-hydrogen) atoms. The Kier molecular flexibility index (Phi) is 5.82. The van der Waals surface area contributed by atoms with E-state index in [1.807, 2.05) is 0 Å². The van der Waals surface area contributed by atoms with Crippen LogP contribution in [0.5, 0.6) is 0 Å². The van der Waals surface area contributed by atoms with Crippen LogP contribution in [0.3, 0.4) is 0 Å². The van der Waals surface area contributed by atoms with Gasteiger partial charge in [-0.3, -0.25) is 0 Å². The quantitative estimate of drug-likeness (QED) is 0.578. The van der Waals surface area contributed by atoms with Gasteiger partial charge < -0.3 is 10.1 Å². The van der Waals surface area contributed by atoms with Crippen LogP contribution in [0.1, 0.15) is 32.1 Å². The second kappa shape index (κ2) is 6.89. The monoisotopic (exact) mass is 251 g/mol. The highest BCUT2D eigenvalue weighted by Crippen LogP contribution is 2.37. The topological polar surface area (TPSA) is 21.3 Å². The van der Waals surface area contributed by atoms with Gasteiger partial charge in [-0.1, -0.05) is 19.4 Å². The van der Waals surface area contributed by atoms with Gasteiger partial charge in [-0.25, -0.2) is 0 Å². The molecule has 0 heterocycles. The second-order valence-corrected chi connectivity index (χ2v) is 4.38. The lowest BCUT2D eigenvalue weighted by molar-refractivity contribution is -0.188. The summed E-state index contributed by atoms with van der Waals surface area (Å²) in [5, 5.41) is 3.00. The van der Waals surface area contributed by atoms with E-state index in [2.05, 4.69) is 11.9 Å². The third kappa shape index (κ3) is 4.98. The molecular formula is C12H20F3NO. The molecule has 100 valence electrons. The molecule has 2 unspecified atom stereocenters. The van der Waals surface area contributed by atoms with E-state index in [1.54, 1.807) is 0 Å². The molecule has 0 aliphatic heterocycles. The number of hydrogen-bond donors (Lipinski definition) is 1. The summed E-state index contributed by atoms with van der Waals surface area (Å²) in [4.78, 5) is 0. The molecule has 1 rings (SSSR count). The largest absolute Gasteiger partial charge is 0.502 e. The molecule has 1 aliphatic carbocycles. The number of rotatable bonds is 6. The number of hydrogen-bond acceptors (Lipinski definition) is 2. The van der Waals surface area contributed by atoms with Crippen molar-refractivity contribution in [1.82, 2.24) is 5.32 Å². The van der Waals surface area contributed by atoms with Crippen LogP contribution < -0.4 is 5.32 Å². The van der Waals surface area contributed by atoms with E-state index in [0.29, 0.717) is 32.4 Å². The van der Waals surface area contributed by atoms with Gasteiger partial charge >= 0.3 is 6.18 Å². The first-order chi connectivity index (χ1) is 8.05. The number of ether oxygens (including phenoxy) is 1. The van der Waals surface area contributed by atoms with Crippen molar-refractivity contribution in [2.75, 3.05) is 13.2 Å². The summed E-state index contributed by atoms with van der Waals surface area (Å²) in [6.07, 6.45) is 0.411. The highest BCUT2D eigenvalue weighted by molar-refractivity contribution is 4.85. The molecular weight excluding hydrogens is 231 g/mol. The van der Waals surface area contributed by atoms with Gasteiger partial charge in [0.15, 0.2) is 0 Å². The van der Waals surface area contributed by atoms with E-state index >= 15 is 0 Å². The zero-order valence-corrected chi connectivity index (χ0v) is 9.93. The van der Waals surface area contributed by atoms with E-state index in [0.717, 1.165) is 6.42 Å². The van der Waals surface area contributed by atoms with Gasteiger partial charge in [-0.05, 0) is 25.8 Å². The highest BCUT2D eigenvalue weighted by atomic mass is 19.4. The third-order valence-electron chi connectivity index (χ3n) is 3.15. The Morgan fingerprint density at radius 3 is 2.65 bits per heavy atom. The number of nitrogens with one attached hydrogen (secondary N) is 1. The summed E-state index contributed by atoms with van der Waals surface area (Å²) in [6, 6.07) is -0.424. The maximum absolute atomic E-state index is 12.7. The van der Waals surface area contributed by atoms with Gasteiger partial charge in [-0.2, -0.15) is 13.2 Å². The highest BCUT2D eigenvalue weighted by Gasteiger charge is 2.45. The molecule has 1 N–H and O–H groups in total. The maximum atomic E-state index is 12.7. The molecule has 1 fully saturated rings. The van der Waals surface area contributed by atoms with E-state index in [1.165, 1.54) is 6.26 Å². The zero-order valence-electron chi connectivity index (χ0n) is 9.93. The standard InChI is InChI=1S/C12H20F3NO/c1-2-17-9-5-8-16-11-7-4-3-6-10(11)12(13,14)15/h2,10-11,16H,1,3-9H2. The van der Waals surface area contributed by atoms with E-state index < -0.39 is 18.1 Å². The molecule has 1 aliphatic rings. The Morgan fingerprint density at radius 1 is 1.29 bits per heavy atom. The molecule has 2 atom stereocenters. The summed E-state index contributed by atoms with van der Waals surface area (Å²) >= 11 is 0. The van der Waals surface area contributed by atoms with Crippen LogP contribution in [0, 0.1) is 5.92 Å². The fourth-order valence-electron chi connectivity index (χ4n) is 2.29. The first-order valence-electron chi connectivity index (χ1n) is 6.08. The van der Waals surface area contributed by atoms with Crippen LogP contribution in [0.25, 0.3) is 0 Å². The van der Waals surface area contributed by atoms with Gasteiger partial charge in [0.05, 0.1) is 18.8 Å². The average Bonchev–Trinajstić information content (AvgIpc) is 2.28. The minimum Gasteiger partial charge on any atom is -0.502 e. The summed E-state index contributed by atoms with van der Waals surface area (Å²) in [6.45, 7) is 4.46. The Balaban J connectivity index is 2.30. The fourth-order valence-corrected chi connectivity index (χ4v) is 2.29. The van der Waals surface area contributed by atoms with Crippen molar-refractivity contribution >= 4 is 0 Å². The third-order valence-corrected chi connectivity index (χ3v) is 3.15.